The molecule has 1 aliphatic carbocycles. The van der Waals surface area contributed by atoms with Crippen molar-refractivity contribution in [3.8, 4) is 0 Å². The lowest BCUT2D eigenvalue weighted by molar-refractivity contribution is 0.264. The maximum absolute atomic E-state index is 9.29. The van der Waals surface area contributed by atoms with E-state index in [1.165, 1.54) is 15.0 Å². The number of aliphatic hydroxyl groups excluding tert-OH is 1. The van der Waals surface area contributed by atoms with Crippen molar-refractivity contribution in [2.45, 2.75) is 11.8 Å². The fraction of sp³-hybridized carbons (Fsp3) is 0.385. The molecule has 3 N–H and O–H groups in total. The van der Waals surface area contributed by atoms with E-state index < -0.39 is 0 Å². The van der Waals surface area contributed by atoms with Gasteiger partial charge in [-0.2, -0.15) is 0 Å². The summed E-state index contributed by atoms with van der Waals surface area (Å²) in [5.41, 5.74) is 5.95. The summed E-state index contributed by atoms with van der Waals surface area (Å²) in [5, 5.41) is 10.6. The summed E-state index contributed by atoms with van der Waals surface area (Å²) in [5.74, 6) is 0.351. The summed E-state index contributed by atoms with van der Waals surface area (Å²) in [6.45, 7) is 0.876. The van der Waals surface area contributed by atoms with Crippen molar-refractivity contribution in [3.05, 3.63) is 33.6 Å². The summed E-state index contributed by atoms with van der Waals surface area (Å²) >= 11 is 5.30. The molecule has 90 valence electrons. The average molecular weight is 312 g/mol. The first-order valence-electron chi connectivity index (χ1n) is 5.70. The zero-order chi connectivity index (χ0) is 12.0. The van der Waals surface area contributed by atoms with Crippen LogP contribution in [0.1, 0.15) is 11.3 Å². The molecule has 4 heteroatoms. The third-order valence-electron chi connectivity index (χ3n) is 3.79. The van der Waals surface area contributed by atoms with Crippen molar-refractivity contribution in [3.63, 3.8) is 0 Å². The van der Waals surface area contributed by atoms with Crippen molar-refractivity contribution < 1.29 is 5.11 Å². The Morgan fingerprint density at radius 1 is 1.47 bits per heavy atom. The van der Waals surface area contributed by atoms with Crippen molar-refractivity contribution in [1.82, 2.24) is 0 Å². The zero-order valence-electron chi connectivity index (χ0n) is 9.32. The van der Waals surface area contributed by atoms with Crippen LogP contribution < -0.4 is 5.73 Å². The largest absolute Gasteiger partial charge is 0.396 e. The molecule has 0 radical (unpaired) electrons. The first-order chi connectivity index (χ1) is 8.19. The Bertz CT molecular complexity index is 568. The number of thiophene rings is 1. The van der Waals surface area contributed by atoms with Gasteiger partial charge in [-0.1, -0.05) is 15.9 Å². The SMILES string of the molecule is NCC1(c2cc3cc(Br)ccc3s2)CC1CO. The Kier molecular flexibility index (Phi) is 2.78. The van der Waals surface area contributed by atoms with E-state index in [0.29, 0.717) is 12.5 Å². The predicted octanol–water partition coefficient (Wildman–Crippen LogP) is 2.87. The smallest absolute Gasteiger partial charge is 0.0468 e. The molecule has 0 bridgehead atoms. The molecular weight excluding hydrogens is 298 g/mol. The second-order valence-corrected chi connectivity index (χ2v) is 6.74. The van der Waals surface area contributed by atoms with Gasteiger partial charge in [-0.25, -0.2) is 0 Å². The van der Waals surface area contributed by atoms with Crippen LogP contribution in [0.3, 0.4) is 0 Å². The first-order valence-corrected chi connectivity index (χ1v) is 7.31. The first kappa shape index (κ1) is 11.7. The van der Waals surface area contributed by atoms with Crippen molar-refractivity contribution >= 4 is 37.4 Å². The maximum Gasteiger partial charge on any atom is 0.0468 e. The standard InChI is InChI=1S/C13H14BrNOS/c14-10-1-2-11-8(3-10)4-12(17-11)13(7-15)5-9(13)6-16/h1-4,9,16H,5-7,15H2. The third-order valence-corrected chi connectivity index (χ3v) is 5.61. The number of benzene rings is 1. The molecule has 2 aromatic rings. The Morgan fingerprint density at radius 2 is 2.29 bits per heavy atom. The monoisotopic (exact) mass is 311 g/mol. The van der Waals surface area contributed by atoms with E-state index in [9.17, 15) is 5.11 Å². The number of rotatable bonds is 3. The van der Waals surface area contributed by atoms with Crippen LogP contribution >= 0.6 is 27.3 Å². The highest BCUT2D eigenvalue weighted by atomic mass is 79.9. The van der Waals surface area contributed by atoms with E-state index in [1.54, 1.807) is 0 Å². The second kappa shape index (κ2) is 4.05. The molecule has 1 aliphatic rings. The minimum atomic E-state index is 0.0465. The summed E-state index contributed by atoms with van der Waals surface area (Å²) in [7, 11) is 0. The van der Waals surface area contributed by atoms with E-state index >= 15 is 0 Å². The lowest BCUT2D eigenvalue weighted by Gasteiger charge is -2.11. The molecule has 2 nitrogen and oxygen atoms in total. The molecule has 0 aliphatic heterocycles. The predicted molar refractivity (Wildman–Crippen MR) is 75.5 cm³/mol. The number of aliphatic hydroxyl groups is 1. The second-order valence-electron chi connectivity index (χ2n) is 4.74. The highest BCUT2D eigenvalue weighted by Gasteiger charge is 2.54. The minimum absolute atomic E-state index is 0.0465. The van der Waals surface area contributed by atoms with Gasteiger partial charge in [0.1, 0.15) is 0 Å². The van der Waals surface area contributed by atoms with Crippen LogP contribution in [0.15, 0.2) is 28.7 Å². The van der Waals surface area contributed by atoms with Crippen LogP contribution in [0.5, 0.6) is 0 Å². The van der Waals surface area contributed by atoms with Crippen LogP contribution in [0.25, 0.3) is 10.1 Å². The molecule has 0 amide bonds. The summed E-state index contributed by atoms with van der Waals surface area (Å²) in [4.78, 5) is 1.33. The number of nitrogens with two attached hydrogens (primary N) is 1. The molecule has 0 saturated heterocycles. The van der Waals surface area contributed by atoms with Gasteiger partial charge in [0.25, 0.3) is 0 Å². The van der Waals surface area contributed by atoms with E-state index in [0.717, 1.165) is 10.9 Å². The maximum atomic E-state index is 9.29. The number of halogens is 1. The molecule has 3 rings (SSSR count). The lowest BCUT2D eigenvalue weighted by Crippen LogP contribution is -2.22. The highest BCUT2D eigenvalue weighted by molar-refractivity contribution is 9.10. The van der Waals surface area contributed by atoms with E-state index in [1.807, 2.05) is 11.3 Å². The highest BCUT2D eigenvalue weighted by Crippen LogP contribution is 2.55. The summed E-state index contributed by atoms with van der Waals surface area (Å²) in [6.07, 6.45) is 1.02. The van der Waals surface area contributed by atoms with E-state index in [4.69, 9.17) is 5.73 Å². The van der Waals surface area contributed by atoms with Crippen LogP contribution in [0.4, 0.5) is 0 Å². The van der Waals surface area contributed by atoms with E-state index in [2.05, 4.69) is 40.2 Å². The molecule has 1 heterocycles. The number of fused-ring (bicyclic) bond motifs is 1. The van der Waals surface area contributed by atoms with E-state index in [-0.39, 0.29) is 12.0 Å². The fourth-order valence-electron chi connectivity index (χ4n) is 2.53. The van der Waals surface area contributed by atoms with Gasteiger partial charge in [0, 0.05) is 32.6 Å². The van der Waals surface area contributed by atoms with Crippen molar-refractivity contribution in [2.24, 2.45) is 11.7 Å². The molecule has 1 saturated carbocycles. The third kappa shape index (κ3) is 1.74. The van der Waals surface area contributed by atoms with Crippen molar-refractivity contribution in [2.75, 3.05) is 13.2 Å². The molecule has 17 heavy (non-hydrogen) atoms. The average Bonchev–Trinajstić information content (AvgIpc) is 2.93. The fourth-order valence-corrected chi connectivity index (χ4v) is 4.24. The molecular formula is C13H14BrNOS. The number of hydrogen-bond donors (Lipinski definition) is 2. The molecule has 1 aromatic carbocycles. The minimum Gasteiger partial charge on any atom is -0.396 e. The van der Waals surface area contributed by atoms with Gasteiger partial charge in [-0.3, -0.25) is 0 Å². The van der Waals surface area contributed by atoms with Crippen molar-refractivity contribution in [1.29, 1.82) is 0 Å². The Hall–Kier alpha value is -0.420. The van der Waals surface area contributed by atoms with Crippen LogP contribution in [0.2, 0.25) is 0 Å². The Balaban J connectivity index is 2.07. The molecule has 2 unspecified atom stereocenters. The van der Waals surface area contributed by atoms with Gasteiger partial charge in [0.05, 0.1) is 0 Å². The van der Waals surface area contributed by atoms with Crippen LogP contribution in [-0.2, 0) is 5.41 Å². The Morgan fingerprint density at radius 3 is 2.94 bits per heavy atom. The molecule has 1 aromatic heterocycles. The van der Waals surface area contributed by atoms with Gasteiger partial charge in [0.15, 0.2) is 0 Å². The van der Waals surface area contributed by atoms with Gasteiger partial charge < -0.3 is 10.8 Å². The van der Waals surface area contributed by atoms with Gasteiger partial charge >= 0.3 is 0 Å². The summed E-state index contributed by atoms with van der Waals surface area (Å²) in [6, 6.07) is 8.56. The topological polar surface area (TPSA) is 46.2 Å². The number of hydrogen-bond acceptors (Lipinski definition) is 3. The van der Waals surface area contributed by atoms with Gasteiger partial charge in [0.2, 0.25) is 0 Å². The lowest BCUT2D eigenvalue weighted by atomic mass is 10.0. The normalized spacial score (nSPS) is 27.6. The van der Waals surface area contributed by atoms with Gasteiger partial charge in [-0.05, 0) is 42.0 Å². The van der Waals surface area contributed by atoms with Crippen LogP contribution in [0, 0.1) is 5.92 Å². The molecule has 2 atom stereocenters. The zero-order valence-corrected chi connectivity index (χ0v) is 11.7. The summed E-state index contributed by atoms with van der Waals surface area (Å²) < 4.78 is 2.39. The Labute approximate surface area is 113 Å². The quantitative estimate of drug-likeness (QED) is 0.915. The van der Waals surface area contributed by atoms with Gasteiger partial charge in [-0.15, -0.1) is 11.3 Å². The van der Waals surface area contributed by atoms with Crippen LogP contribution in [-0.4, -0.2) is 18.3 Å². The molecule has 1 fully saturated rings. The molecule has 0 spiro atoms.